The third kappa shape index (κ3) is 3.20. The van der Waals surface area contributed by atoms with Crippen molar-refractivity contribution in [3.63, 3.8) is 0 Å². The van der Waals surface area contributed by atoms with Crippen molar-refractivity contribution in [3.8, 4) is 0 Å². The Labute approximate surface area is 107 Å². The average molecular weight is 299 g/mol. The molecule has 1 aromatic rings. The van der Waals surface area contributed by atoms with Crippen molar-refractivity contribution in [1.29, 1.82) is 0 Å². The third-order valence-electron chi connectivity index (χ3n) is 2.31. The van der Waals surface area contributed by atoms with Crippen LogP contribution in [-0.4, -0.2) is 36.6 Å². The Hall–Kier alpha value is -1.56. The van der Waals surface area contributed by atoms with E-state index in [-0.39, 0.29) is 12.5 Å². The molecule has 90 valence electrons. The summed E-state index contributed by atoms with van der Waals surface area (Å²) in [5.41, 5.74) is 0.700. The molecule has 0 saturated carbocycles. The summed E-state index contributed by atoms with van der Waals surface area (Å²) in [7, 11) is 0. The van der Waals surface area contributed by atoms with Crippen molar-refractivity contribution in [2.75, 3.05) is 25.0 Å². The zero-order valence-electron chi connectivity index (χ0n) is 8.98. The number of halogens is 1. The average Bonchev–Trinajstić information content (AvgIpc) is 2.68. The number of nitrogens with zero attached hydrogens (tertiary/aromatic N) is 1. The Bertz CT molecular complexity index is 433. The number of nitrogens with one attached hydrogen (secondary N) is 1. The van der Waals surface area contributed by atoms with Gasteiger partial charge in [-0.2, -0.15) is 0 Å². The van der Waals surface area contributed by atoms with Crippen LogP contribution in [0.15, 0.2) is 28.7 Å². The van der Waals surface area contributed by atoms with Crippen molar-refractivity contribution < 1.29 is 14.3 Å². The monoisotopic (exact) mass is 298 g/mol. The molecule has 5 nitrogen and oxygen atoms in total. The summed E-state index contributed by atoms with van der Waals surface area (Å²) >= 11 is 3.31. The van der Waals surface area contributed by atoms with Gasteiger partial charge in [-0.05, 0) is 24.3 Å². The van der Waals surface area contributed by atoms with Crippen LogP contribution < -0.4 is 5.32 Å². The number of anilines is 1. The fourth-order valence-corrected chi connectivity index (χ4v) is 1.74. The molecule has 1 aliphatic rings. The molecular weight excluding hydrogens is 288 g/mol. The van der Waals surface area contributed by atoms with Crippen LogP contribution in [0.25, 0.3) is 0 Å². The van der Waals surface area contributed by atoms with Crippen LogP contribution in [0, 0.1) is 0 Å². The molecule has 0 radical (unpaired) electrons. The van der Waals surface area contributed by atoms with Crippen molar-refractivity contribution in [2.24, 2.45) is 0 Å². The molecule has 1 heterocycles. The highest BCUT2D eigenvalue weighted by Crippen LogP contribution is 2.14. The van der Waals surface area contributed by atoms with Gasteiger partial charge in [0.25, 0.3) is 0 Å². The Morgan fingerprint density at radius 1 is 1.41 bits per heavy atom. The van der Waals surface area contributed by atoms with Crippen LogP contribution in [-0.2, 0) is 9.53 Å². The third-order valence-corrected chi connectivity index (χ3v) is 2.84. The fraction of sp³-hybridized carbons (Fsp3) is 0.273. The molecule has 1 fully saturated rings. The molecule has 2 rings (SSSR count). The molecule has 0 spiro atoms. The lowest BCUT2D eigenvalue weighted by molar-refractivity contribution is -0.116. The van der Waals surface area contributed by atoms with Gasteiger partial charge >= 0.3 is 6.09 Å². The number of carbonyl (C=O) groups excluding carboxylic acids is 2. The first kappa shape index (κ1) is 11.9. The topological polar surface area (TPSA) is 58.6 Å². The van der Waals surface area contributed by atoms with Gasteiger partial charge in [0, 0.05) is 10.2 Å². The zero-order valence-corrected chi connectivity index (χ0v) is 10.6. The molecule has 17 heavy (non-hydrogen) atoms. The fourth-order valence-electron chi connectivity index (χ4n) is 1.48. The number of amides is 2. The summed E-state index contributed by atoms with van der Waals surface area (Å²) in [6.07, 6.45) is -0.434. The molecule has 0 bridgehead atoms. The van der Waals surface area contributed by atoms with Crippen LogP contribution in [0.1, 0.15) is 0 Å². The number of hydrogen-bond acceptors (Lipinski definition) is 3. The van der Waals surface area contributed by atoms with E-state index in [0.717, 1.165) is 4.47 Å². The Kier molecular flexibility index (Phi) is 3.63. The summed E-state index contributed by atoms with van der Waals surface area (Å²) < 4.78 is 5.68. The Morgan fingerprint density at radius 3 is 2.71 bits per heavy atom. The van der Waals surface area contributed by atoms with E-state index in [0.29, 0.717) is 18.8 Å². The van der Waals surface area contributed by atoms with Gasteiger partial charge in [0.05, 0.1) is 6.54 Å². The highest BCUT2D eigenvalue weighted by Gasteiger charge is 2.23. The maximum atomic E-state index is 11.6. The standard InChI is InChI=1S/C11H11BrN2O3/c12-8-1-3-9(4-2-8)13-10(15)7-14-5-6-17-11(14)16/h1-4H,5-7H2,(H,13,15). The first-order valence-electron chi connectivity index (χ1n) is 5.12. The van der Waals surface area contributed by atoms with E-state index in [1.807, 2.05) is 12.1 Å². The first-order valence-corrected chi connectivity index (χ1v) is 5.91. The van der Waals surface area contributed by atoms with Crippen molar-refractivity contribution in [1.82, 2.24) is 4.90 Å². The molecule has 1 aliphatic heterocycles. The Balaban J connectivity index is 1.88. The van der Waals surface area contributed by atoms with Gasteiger partial charge in [-0.25, -0.2) is 4.79 Å². The second-order valence-corrected chi connectivity index (χ2v) is 4.51. The van der Waals surface area contributed by atoms with Gasteiger partial charge in [-0.1, -0.05) is 15.9 Å². The van der Waals surface area contributed by atoms with Crippen molar-refractivity contribution >= 4 is 33.6 Å². The summed E-state index contributed by atoms with van der Waals surface area (Å²) in [6, 6.07) is 7.23. The van der Waals surface area contributed by atoms with Crippen molar-refractivity contribution in [2.45, 2.75) is 0 Å². The first-order chi connectivity index (χ1) is 8.15. The maximum absolute atomic E-state index is 11.6. The van der Waals surface area contributed by atoms with Crippen LogP contribution in [0.3, 0.4) is 0 Å². The van der Waals surface area contributed by atoms with E-state index in [9.17, 15) is 9.59 Å². The van der Waals surface area contributed by atoms with Crippen LogP contribution in [0.4, 0.5) is 10.5 Å². The summed E-state index contributed by atoms with van der Waals surface area (Å²) in [4.78, 5) is 24.1. The summed E-state index contributed by atoms with van der Waals surface area (Å²) in [5.74, 6) is -0.230. The quantitative estimate of drug-likeness (QED) is 0.926. The number of hydrogen-bond donors (Lipinski definition) is 1. The molecule has 1 saturated heterocycles. The molecule has 0 unspecified atom stereocenters. The van der Waals surface area contributed by atoms with Gasteiger partial charge in [0.15, 0.2) is 0 Å². The van der Waals surface area contributed by atoms with Gasteiger partial charge in [-0.15, -0.1) is 0 Å². The van der Waals surface area contributed by atoms with Gasteiger partial charge in [0.1, 0.15) is 13.2 Å². The largest absolute Gasteiger partial charge is 0.448 e. The summed E-state index contributed by atoms with van der Waals surface area (Å²) in [5, 5.41) is 2.71. The van der Waals surface area contributed by atoms with Gasteiger partial charge in [0.2, 0.25) is 5.91 Å². The number of rotatable bonds is 3. The normalized spacial score (nSPS) is 14.6. The second kappa shape index (κ2) is 5.18. The zero-order chi connectivity index (χ0) is 12.3. The molecule has 1 N–H and O–H groups in total. The van der Waals surface area contributed by atoms with E-state index in [4.69, 9.17) is 4.74 Å². The summed E-state index contributed by atoms with van der Waals surface area (Å²) in [6.45, 7) is 0.839. The molecule has 6 heteroatoms. The molecule has 0 aromatic heterocycles. The lowest BCUT2D eigenvalue weighted by Crippen LogP contribution is -2.33. The highest BCUT2D eigenvalue weighted by atomic mass is 79.9. The number of cyclic esters (lactones) is 1. The van der Waals surface area contributed by atoms with Crippen LogP contribution in [0.2, 0.25) is 0 Å². The predicted octanol–water partition coefficient (Wildman–Crippen LogP) is 1.84. The van der Waals surface area contributed by atoms with Crippen molar-refractivity contribution in [3.05, 3.63) is 28.7 Å². The minimum absolute atomic E-state index is 0.0227. The smallest absolute Gasteiger partial charge is 0.410 e. The van der Waals surface area contributed by atoms with Gasteiger partial charge < -0.3 is 10.1 Å². The minimum Gasteiger partial charge on any atom is -0.448 e. The lowest BCUT2D eigenvalue weighted by Gasteiger charge is -2.12. The highest BCUT2D eigenvalue weighted by molar-refractivity contribution is 9.10. The van der Waals surface area contributed by atoms with E-state index < -0.39 is 6.09 Å². The molecule has 0 aliphatic carbocycles. The second-order valence-electron chi connectivity index (χ2n) is 3.59. The SMILES string of the molecule is O=C(CN1CCOC1=O)Nc1ccc(Br)cc1. The number of benzene rings is 1. The molecule has 0 atom stereocenters. The molecule has 1 aromatic carbocycles. The van der Waals surface area contributed by atoms with E-state index in [2.05, 4.69) is 21.2 Å². The Morgan fingerprint density at radius 2 is 2.12 bits per heavy atom. The number of ether oxygens (including phenoxy) is 1. The molecular formula is C11H11BrN2O3. The molecule has 2 amide bonds. The van der Waals surface area contributed by atoms with E-state index in [1.165, 1.54) is 4.90 Å². The van der Waals surface area contributed by atoms with Gasteiger partial charge in [-0.3, -0.25) is 9.69 Å². The van der Waals surface area contributed by atoms with E-state index in [1.54, 1.807) is 12.1 Å². The van der Waals surface area contributed by atoms with E-state index >= 15 is 0 Å². The predicted molar refractivity (Wildman–Crippen MR) is 65.7 cm³/mol. The number of carbonyl (C=O) groups is 2. The van der Waals surface area contributed by atoms with Crippen LogP contribution in [0.5, 0.6) is 0 Å². The minimum atomic E-state index is -0.434. The maximum Gasteiger partial charge on any atom is 0.410 e. The lowest BCUT2D eigenvalue weighted by atomic mass is 10.3. The van der Waals surface area contributed by atoms with Crippen LogP contribution >= 0.6 is 15.9 Å².